The molecule has 0 aliphatic heterocycles. The van der Waals surface area contributed by atoms with E-state index in [0.717, 1.165) is 12.8 Å². The summed E-state index contributed by atoms with van der Waals surface area (Å²) in [5, 5.41) is 3.14. The summed E-state index contributed by atoms with van der Waals surface area (Å²) in [6.07, 6.45) is 3.36. The van der Waals surface area contributed by atoms with Crippen LogP contribution in [-0.4, -0.2) is 18.0 Å². The first kappa shape index (κ1) is 14.1. The van der Waals surface area contributed by atoms with Gasteiger partial charge in [-0.1, -0.05) is 50.6 Å². The molecule has 1 aliphatic carbocycles. The predicted molar refractivity (Wildman–Crippen MR) is 77.8 cm³/mol. The Morgan fingerprint density at radius 3 is 2.58 bits per heavy atom. The van der Waals surface area contributed by atoms with Gasteiger partial charge in [0.25, 0.3) is 0 Å². The molecule has 1 saturated carbocycles. The van der Waals surface area contributed by atoms with Gasteiger partial charge < -0.3 is 11.1 Å². The van der Waals surface area contributed by atoms with E-state index in [4.69, 9.17) is 5.73 Å². The molecular weight excluding hydrogens is 236 g/mol. The van der Waals surface area contributed by atoms with Gasteiger partial charge in [-0.05, 0) is 24.3 Å². The smallest absolute Gasteiger partial charge is 0.237 e. The topological polar surface area (TPSA) is 55.1 Å². The molecule has 1 aliphatic rings. The molecule has 19 heavy (non-hydrogen) atoms. The van der Waals surface area contributed by atoms with E-state index in [9.17, 15) is 4.79 Å². The maximum Gasteiger partial charge on any atom is 0.237 e. The van der Waals surface area contributed by atoms with E-state index >= 15 is 0 Å². The molecular formula is C16H24N2O. The third kappa shape index (κ3) is 3.35. The van der Waals surface area contributed by atoms with Crippen LogP contribution in [0.15, 0.2) is 30.3 Å². The summed E-state index contributed by atoms with van der Waals surface area (Å²) in [5.41, 5.74) is 7.23. The Morgan fingerprint density at radius 1 is 1.26 bits per heavy atom. The van der Waals surface area contributed by atoms with Crippen molar-refractivity contribution in [2.75, 3.05) is 0 Å². The Kier molecular flexibility index (Phi) is 4.59. The second-order valence-electron chi connectivity index (χ2n) is 5.83. The number of amides is 1. The second kappa shape index (κ2) is 6.20. The highest BCUT2D eigenvalue weighted by Crippen LogP contribution is 2.34. The minimum atomic E-state index is -0.406. The molecule has 0 bridgehead atoms. The number of rotatable bonds is 4. The summed E-state index contributed by atoms with van der Waals surface area (Å²) in [7, 11) is 0. The van der Waals surface area contributed by atoms with Crippen molar-refractivity contribution in [3.63, 3.8) is 0 Å². The lowest BCUT2D eigenvalue weighted by Crippen LogP contribution is -2.48. The van der Waals surface area contributed by atoms with Crippen molar-refractivity contribution >= 4 is 5.91 Å². The summed E-state index contributed by atoms with van der Waals surface area (Å²) in [6, 6.07) is 10.3. The number of nitrogens with two attached hydrogens (primary N) is 1. The van der Waals surface area contributed by atoms with Gasteiger partial charge in [-0.25, -0.2) is 0 Å². The fraction of sp³-hybridized carbons (Fsp3) is 0.562. The Balaban J connectivity index is 2.02. The van der Waals surface area contributed by atoms with Crippen LogP contribution in [-0.2, 0) is 4.79 Å². The fourth-order valence-electron chi connectivity index (χ4n) is 2.81. The van der Waals surface area contributed by atoms with Crippen LogP contribution >= 0.6 is 0 Å². The third-order valence-corrected chi connectivity index (χ3v) is 4.09. The molecule has 2 rings (SSSR count). The van der Waals surface area contributed by atoms with E-state index in [1.54, 1.807) is 0 Å². The van der Waals surface area contributed by atoms with Gasteiger partial charge in [-0.2, -0.15) is 0 Å². The average Bonchev–Trinajstić information content (AvgIpc) is 2.86. The maximum atomic E-state index is 12.1. The molecule has 0 heterocycles. The molecule has 0 aromatic heterocycles. The van der Waals surface area contributed by atoms with Gasteiger partial charge in [0.2, 0.25) is 5.91 Å². The highest BCUT2D eigenvalue weighted by atomic mass is 16.2. The number of carbonyl (C=O) groups excluding carboxylic acids is 1. The Morgan fingerprint density at radius 2 is 1.95 bits per heavy atom. The Bertz CT molecular complexity index is 416. The molecule has 1 fully saturated rings. The van der Waals surface area contributed by atoms with Crippen molar-refractivity contribution in [1.29, 1.82) is 0 Å². The molecule has 3 nitrogen and oxygen atoms in total. The third-order valence-electron chi connectivity index (χ3n) is 4.09. The monoisotopic (exact) mass is 260 g/mol. The number of carbonyl (C=O) groups is 1. The van der Waals surface area contributed by atoms with E-state index in [2.05, 4.69) is 29.6 Å². The lowest BCUT2D eigenvalue weighted by Gasteiger charge is -2.24. The molecule has 0 saturated heterocycles. The first-order valence-electron chi connectivity index (χ1n) is 7.20. The number of hydrogen-bond acceptors (Lipinski definition) is 2. The predicted octanol–water partition coefficient (Wildman–Crippen LogP) is 2.42. The summed E-state index contributed by atoms with van der Waals surface area (Å²) in [4.78, 5) is 12.1. The van der Waals surface area contributed by atoms with Crippen LogP contribution in [0.3, 0.4) is 0 Å². The van der Waals surface area contributed by atoms with E-state index in [1.165, 1.54) is 12.0 Å². The van der Waals surface area contributed by atoms with Crippen LogP contribution in [0.1, 0.15) is 44.6 Å². The zero-order valence-electron chi connectivity index (χ0n) is 11.8. The van der Waals surface area contributed by atoms with Crippen LogP contribution in [0.5, 0.6) is 0 Å². The van der Waals surface area contributed by atoms with Crippen molar-refractivity contribution in [2.24, 2.45) is 11.7 Å². The Labute approximate surface area is 115 Å². The molecule has 3 N–H and O–H groups in total. The molecule has 3 heteroatoms. The number of benzene rings is 1. The maximum absolute atomic E-state index is 12.1. The zero-order chi connectivity index (χ0) is 13.8. The van der Waals surface area contributed by atoms with Crippen molar-refractivity contribution in [2.45, 2.75) is 51.1 Å². The minimum Gasteiger partial charge on any atom is -0.351 e. The average molecular weight is 260 g/mol. The van der Waals surface area contributed by atoms with E-state index < -0.39 is 6.04 Å². The van der Waals surface area contributed by atoms with Gasteiger partial charge in [0, 0.05) is 12.0 Å². The van der Waals surface area contributed by atoms with Gasteiger partial charge in [-0.3, -0.25) is 4.79 Å². The largest absolute Gasteiger partial charge is 0.351 e. The van der Waals surface area contributed by atoms with Gasteiger partial charge in [0.1, 0.15) is 0 Å². The minimum absolute atomic E-state index is 0.0113. The lowest BCUT2D eigenvalue weighted by atomic mass is 9.93. The first-order valence-corrected chi connectivity index (χ1v) is 7.20. The lowest BCUT2D eigenvalue weighted by molar-refractivity contribution is -0.124. The van der Waals surface area contributed by atoms with Crippen LogP contribution in [0.2, 0.25) is 0 Å². The summed E-state index contributed by atoms with van der Waals surface area (Å²) in [5.74, 6) is 0.601. The normalized spacial score (nSPS) is 24.4. The molecule has 0 spiro atoms. The highest BCUT2D eigenvalue weighted by Gasteiger charge is 2.31. The highest BCUT2D eigenvalue weighted by molar-refractivity contribution is 5.82. The second-order valence-corrected chi connectivity index (χ2v) is 5.83. The Hall–Kier alpha value is -1.35. The van der Waals surface area contributed by atoms with E-state index in [0.29, 0.717) is 5.92 Å². The summed E-state index contributed by atoms with van der Waals surface area (Å²) < 4.78 is 0. The van der Waals surface area contributed by atoms with Crippen LogP contribution in [0, 0.1) is 5.92 Å². The molecule has 0 radical (unpaired) electrons. The molecule has 2 unspecified atom stereocenters. The molecule has 3 atom stereocenters. The van der Waals surface area contributed by atoms with Gasteiger partial charge in [0.15, 0.2) is 0 Å². The van der Waals surface area contributed by atoms with Gasteiger partial charge in [0.05, 0.1) is 6.04 Å². The molecule has 1 aromatic rings. The quantitative estimate of drug-likeness (QED) is 0.873. The molecule has 1 amide bonds. The zero-order valence-corrected chi connectivity index (χ0v) is 11.8. The van der Waals surface area contributed by atoms with E-state index in [-0.39, 0.29) is 17.9 Å². The van der Waals surface area contributed by atoms with Gasteiger partial charge in [-0.15, -0.1) is 0 Å². The molecule has 104 valence electrons. The SMILES string of the molecule is CC(C)[C@H](N)C(=O)NC1CCCC1c1ccccc1. The van der Waals surface area contributed by atoms with Crippen molar-refractivity contribution in [3.8, 4) is 0 Å². The van der Waals surface area contributed by atoms with Crippen molar-refractivity contribution in [1.82, 2.24) is 5.32 Å². The summed E-state index contributed by atoms with van der Waals surface area (Å²) in [6.45, 7) is 3.96. The molecule has 1 aromatic carbocycles. The van der Waals surface area contributed by atoms with Crippen LogP contribution < -0.4 is 11.1 Å². The van der Waals surface area contributed by atoms with Crippen LogP contribution in [0.25, 0.3) is 0 Å². The van der Waals surface area contributed by atoms with Gasteiger partial charge >= 0.3 is 0 Å². The van der Waals surface area contributed by atoms with Crippen molar-refractivity contribution in [3.05, 3.63) is 35.9 Å². The summed E-state index contributed by atoms with van der Waals surface area (Å²) >= 11 is 0. The van der Waals surface area contributed by atoms with Crippen molar-refractivity contribution < 1.29 is 4.79 Å². The fourth-order valence-corrected chi connectivity index (χ4v) is 2.81. The van der Waals surface area contributed by atoms with Crippen LogP contribution in [0.4, 0.5) is 0 Å². The standard InChI is InChI=1S/C16H24N2O/c1-11(2)15(17)16(19)18-14-10-6-9-13(14)12-7-4-3-5-8-12/h3-5,7-8,11,13-15H,6,9-10,17H2,1-2H3,(H,18,19)/t13?,14?,15-/m0/s1. The number of hydrogen-bond donors (Lipinski definition) is 2. The van der Waals surface area contributed by atoms with E-state index in [1.807, 2.05) is 19.9 Å². The first-order chi connectivity index (χ1) is 9.09. The number of nitrogens with one attached hydrogen (secondary N) is 1.